The van der Waals surface area contributed by atoms with E-state index >= 15 is 0 Å². The van der Waals surface area contributed by atoms with Gasteiger partial charge in [-0.1, -0.05) is 0 Å². The van der Waals surface area contributed by atoms with Crippen molar-refractivity contribution < 1.29 is 45.9 Å². The van der Waals surface area contributed by atoms with Crippen LogP contribution in [0.3, 0.4) is 0 Å². The Hall–Kier alpha value is -1.27. The first-order valence-electron chi connectivity index (χ1n) is 5.69. The summed E-state index contributed by atoms with van der Waals surface area (Å²) in [6.45, 7) is 0. The fourth-order valence-corrected chi connectivity index (χ4v) is 8.37. The standard InChI is InChI=1S/C12H14AtFN2O4/c1-16-11(17)6-4-8(14)10(20-2)5-3-7(12(18)19)13(15)9(5)6/h4,7H,3,15H2,1-2H3,(H,16,17)(H,18,19). The number of fused-ring (bicyclic) bond motifs is 1. The van der Waals surface area contributed by atoms with Gasteiger partial charge in [0.25, 0.3) is 0 Å². The third kappa shape index (κ3) is 2.27. The van der Waals surface area contributed by atoms with E-state index in [1.165, 1.54) is 14.2 Å². The fourth-order valence-electron chi connectivity index (χ4n) is 2.20. The molecule has 1 atom stereocenters. The van der Waals surface area contributed by atoms with Gasteiger partial charge in [0, 0.05) is 0 Å². The van der Waals surface area contributed by atoms with Crippen LogP contribution in [0.5, 0.6) is 5.75 Å². The molecule has 4 N–H and O–H groups in total. The number of halogens is 1. The number of aliphatic carboxylic acids is 1. The number of carboxylic acids is 1. The van der Waals surface area contributed by atoms with Crippen molar-refractivity contribution >= 4 is 15.1 Å². The van der Waals surface area contributed by atoms with Crippen LogP contribution in [0.4, 0.5) is 4.39 Å². The molecule has 0 saturated heterocycles. The van der Waals surface area contributed by atoms with E-state index in [0.717, 1.165) is 6.07 Å². The summed E-state index contributed by atoms with van der Waals surface area (Å²) in [4.78, 5) is 23.1. The Labute approximate surface area is 123 Å². The van der Waals surface area contributed by atoms with Crippen molar-refractivity contribution in [2.24, 2.45) is 3.68 Å². The summed E-state index contributed by atoms with van der Waals surface area (Å²) in [5.74, 6) is -2.14. The first kappa shape index (κ1) is 15.1. The first-order chi connectivity index (χ1) is 9.42. The zero-order valence-electron chi connectivity index (χ0n) is 10.9. The van der Waals surface area contributed by atoms with Gasteiger partial charge in [-0.3, -0.25) is 0 Å². The summed E-state index contributed by atoms with van der Waals surface area (Å²) in [6.07, 6.45) is 0.121. The van der Waals surface area contributed by atoms with Gasteiger partial charge in [0.2, 0.25) is 0 Å². The number of carboxylic acid groups (broad SMARTS) is 1. The number of benzene rings is 1. The van der Waals surface area contributed by atoms with Crippen LogP contribution in [0.15, 0.2) is 6.07 Å². The summed E-state index contributed by atoms with van der Waals surface area (Å²) >= 11 is -2.91. The molecule has 0 fully saturated rings. The van der Waals surface area contributed by atoms with Crippen molar-refractivity contribution in [2.45, 2.75) is 10.0 Å². The topological polar surface area (TPSA) is 102 Å². The van der Waals surface area contributed by atoms with Crippen LogP contribution < -0.4 is 17.0 Å². The molecule has 6 nitrogen and oxygen atoms in total. The summed E-state index contributed by atoms with van der Waals surface area (Å²) in [6, 6.07) is 1.07. The molecule has 1 amide bonds. The average Bonchev–Trinajstić information content (AvgIpc) is 2.75. The number of nitrogens with two attached hydrogens (primary N) is 1. The van der Waals surface area contributed by atoms with E-state index in [1.54, 1.807) is 0 Å². The van der Waals surface area contributed by atoms with Gasteiger partial charge in [-0.2, -0.15) is 0 Å². The average molecular weight is 479 g/mol. The molecule has 1 aliphatic heterocycles. The molecular weight excluding hydrogens is 465 g/mol. The Morgan fingerprint density at radius 1 is 1.60 bits per heavy atom. The van der Waals surface area contributed by atoms with Crippen LogP contribution in [0, 0.1) is 27.9 Å². The molecule has 1 aromatic rings. The Kier molecular flexibility index (Phi) is 4.25. The number of carbonyl (C=O) groups excluding carboxylic acids is 1. The van der Waals surface area contributed by atoms with Crippen LogP contribution in [0.25, 0.3) is 0 Å². The SMILES string of the molecule is CNC(=O)c1cc(F)c(OC)c2c1[At](N)C(C(=O)O)C2. The molecular formula is C12H14AtFN2O4. The monoisotopic (exact) mass is 479 g/mol. The quantitative estimate of drug-likeness (QED) is 0.555. The molecule has 1 aromatic carbocycles. The van der Waals surface area contributed by atoms with Crippen LogP contribution >= 0.6 is 0 Å². The van der Waals surface area contributed by atoms with Crippen molar-refractivity contribution in [3.63, 3.8) is 0 Å². The van der Waals surface area contributed by atoms with Gasteiger partial charge < -0.3 is 0 Å². The number of rotatable bonds is 3. The number of hydrogen-bond acceptors (Lipinski definition) is 4. The van der Waals surface area contributed by atoms with E-state index in [0.29, 0.717) is 8.83 Å². The van der Waals surface area contributed by atoms with Crippen molar-refractivity contribution in [3.05, 3.63) is 23.0 Å². The maximum absolute atomic E-state index is 14.0. The predicted molar refractivity (Wildman–Crippen MR) is 65.3 cm³/mol. The maximum atomic E-state index is 14.0. The van der Waals surface area contributed by atoms with Gasteiger partial charge in [-0.15, -0.1) is 0 Å². The molecule has 20 heavy (non-hydrogen) atoms. The second-order valence-electron chi connectivity index (χ2n) is 4.16. The minimum atomic E-state index is -2.91. The molecule has 0 radical (unpaired) electrons. The van der Waals surface area contributed by atoms with Crippen LogP contribution in [-0.4, -0.2) is 31.1 Å². The van der Waals surface area contributed by atoms with Crippen LogP contribution in [-0.2, 0) is 11.2 Å². The third-order valence-corrected chi connectivity index (χ3v) is 10.00. The Morgan fingerprint density at radius 3 is 2.75 bits per heavy atom. The summed E-state index contributed by atoms with van der Waals surface area (Å²) in [5.41, 5.74) is 0.570. The molecule has 0 bridgehead atoms. The number of hydrogen-bond donors (Lipinski definition) is 3. The number of nitrogens with one attached hydrogen (secondary N) is 1. The van der Waals surface area contributed by atoms with Crippen LogP contribution in [0.2, 0.25) is 3.63 Å². The Bertz CT molecular complexity index is 593. The zero-order chi connectivity index (χ0) is 15.0. The number of carbonyl (C=O) groups is 2. The van der Waals surface area contributed by atoms with Gasteiger partial charge in [0.15, 0.2) is 0 Å². The van der Waals surface area contributed by atoms with Crippen LogP contribution in [0.1, 0.15) is 15.9 Å². The third-order valence-electron chi connectivity index (χ3n) is 3.09. The second kappa shape index (κ2) is 5.62. The molecule has 0 saturated carbocycles. The fraction of sp³-hybridized carbons (Fsp3) is 0.333. The van der Waals surface area contributed by atoms with E-state index in [4.69, 9.17) is 8.41 Å². The second-order valence-corrected chi connectivity index (χ2v) is 10.4. The van der Waals surface area contributed by atoms with E-state index < -0.39 is 43.4 Å². The minimum absolute atomic E-state index is 0.00291. The normalized spacial score (nSPS) is 18.6. The Morgan fingerprint density at radius 2 is 2.25 bits per heavy atom. The molecule has 1 unspecified atom stereocenters. The summed E-state index contributed by atoms with van der Waals surface area (Å²) in [7, 11) is 2.74. The Balaban J connectivity index is 2.68. The molecule has 0 aromatic heterocycles. The number of methoxy groups -OCH3 is 1. The molecule has 8 heteroatoms. The van der Waals surface area contributed by atoms with Gasteiger partial charge >= 0.3 is 123 Å². The molecule has 0 aliphatic carbocycles. The summed E-state index contributed by atoms with van der Waals surface area (Å²) < 4.78 is 24.9. The van der Waals surface area contributed by atoms with E-state index in [9.17, 15) is 19.1 Å². The predicted octanol–water partition coefficient (Wildman–Crippen LogP) is -0.257. The first-order valence-corrected chi connectivity index (χ1v) is 10.5. The van der Waals surface area contributed by atoms with E-state index in [-0.39, 0.29) is 17.7 Å². The van der Waals surface area contributed by atoms with E-state index in [1.807, 2.05) is 0 Å². The van der Waals surface area contributed by atoms with Crippen molar-refractivity contribution in [1.82, 2.24) is 5.32 Å². The van der Waals surface area contributed by atoms with Gasteiger partial charge in [0.05, 0.1) is 0 Å². The van der Waals surface area contributed by atoms with Crippen molar-refractivity contribution in [2.75, 3.05) is 14.2 Å². The van der Waals surface area contributed by atoms with Gasteiger partial charge in [-0.25, -0.2) is 0 Å². The number of ether oxygens (including phenoxy) is 1. The summed E-state index contributed by atoms with van der Waals surface area (Å²) in [5, 5.41) is 11.6. The molecule has 0 spiro atoms. The molecule has 1 aliphatic rings. The van der Waals surface area contributed by atoms with Crippen molar-refractivity contribution in [1.29, 1.82) is 0 Å². The van der Waals surface area contributed by atoms with E-state index in [2.05, 4.69) is 5.32 Å². The van der Waals surface area contributed by atoms with Gasteiger partial charge in [0.1, 0.15) is 0 Å². The van der Waals surface area contributed by atoms with Gasteiger partial charge in [-0.05, 0) is 0 Å². The number of amides is 1. The van der Waals surface area contributed by atoms with Crippen molar-refractivity contribution in [3.8, 4) is 5.75 Å². The molecule has 2 rings (SSSR count). The molecule has 1 heterocycles. The molecule has 110 valence electrons. The zero-order valence-corrected chi connectivity index (χ0v) is 13.8.